The van der Waals surface area contributed by atoms with Crippen LogP contribution in [0.2, 0.25) is 0 Å². The van der Waals surface area contributed by atoms with Gasteiger partial charge in [-0.1, -0.05) is 18.2 Å². The number of aryl methyl sites for hydroxylation is 2. The average molecular weight is 245 g/mol. The van der Waals surface area contributed by atoms with Crippen molar-refractivity contribution in [3.8, 4) is 0 Å². The Labute approximate surface area is 106 Å². The molecular formula is C14H16FN3. The second kappa shape index (κ2) is 5.23. The van der Waals surface area contributed by atoms with Crippen molar-refractivity contribution in [3.05, 3.63) is 58.4 Å². The van der Waals surface area contributed by atoms with Gasteiger partial charge in [-0.15, -0.1) is 0 Å². The van der Waals surface area contributed by atoms with Crippen molar-refractivity contribution >= 4 is 0 Å². The molecule has 18 heavy (non-hydrogen) atoms. The van der Waals surface area contributed by atoms with Crippen LogP contribution in [-0.4, -0.2) is 9.97 Å². The normalized spacial score (nSPS) is 10.7. The molecule has 0 aliphatic carbocycles. The summed E-state index contributed by atoms with van der Waals surface area (Å²) in [5.74, 6) is 0.409. The fourth-order valence-electron chi connectivity index (χ4n) is 2.00. The summed E-state index contributed by atoms with van der Waals surface area (Å²) in [6.07, 6.45) is 0.402. The fourth-order valence-corrected chi connectivity index (χ4v) is 2.00. The van der Waals surface area contributed by atoms with E-state index in [1.807, 2.05) is 19.9 Å². The van der Waals surface area contributed by atoms with Gasteiger partial charge in [-0.2, -0.15) is 0 Å². The molecule has 0 unspecified atom stereocenters. The van der Waals surface area contributed by atoms with Crippen molar-refractivity contribution in [2.75, 3.05) is 0 Å². The molecule has 0 aliphatic rings. The third kappa shape index (κ3) is 2.54. The predicted molar refractivity (Wildman–Crippen MR) is 68.6 cm³/mol. The molecule has 0 saturated carbocycles. The summed E-state index contributed by atoms with van der Waals surface area (Å²) in [7, 11) is 0. The number of hydrogen-bond donors (Lipinski definition) is 1. The quantitative estimate of drug-likeness (QED) is 0.902. The Morgan fingerprint density at radius 3 is 2.28 bits per heavy atom. The number of rotatable bonds is 3. The maximum absolute atomic E-state index is 13.5. The van der Waals surface area contributed by atoms with E-state index >= 15 is 0 Å². The topological polar surface area (TPSA) is 51.8 Å². The van der Waals surface area contributed by atoms with Gasteiger partial charge in [0.25, 0.3) is 0 Å². The molecule has 0 fully saturated rings. The lowest BCUT2D eigenvalue weighted by Gasteiger charge is -2.09. The minimum Gasteiger partial charge on any atom is -0.326 e. The molecule has 94 valence electrons. The molecule has 4 heteroatoms. The smallest absolute Gasteiger partial charge is 0.133 e. The van der Waals surface area contributed by atoms with Crippen molar-refractivity contribution in [1.29, 1.82) is 0 Å². The third-order valence-corrected chi connectivity index (χ3v) is 2.98. The Morgan fingerprint density at radius 1 is 1.11 bits per heavy atom. The van der Waals surface area contributed by atoms with Crippen LogP contribution >= 0.6 is 0 Å². The lowest BCUT2D eigenvalue weighted by molar-refractivity contribution is 0.611. The van der Waals surface area contributed by atoms with Gasteiger partial charge in [-0.3, -0.25) is 0 Å². The Kier molecular flexibility index (Phi) is 3.67. The first-order chi connectivity index (χ1) is 8.61. The highest BCUT2D eigenvalue weighted by molar-refractivity contribution is 5.27. The lowest BCUT2D eigenvalue weighted by Crippen LogP contribution is -2.09. The number of hydrogen-bond acceptors (Lipinski definition) is 3. The fraction of sp³-hybridized carbons (Fsp3) is 0.286. The van der Waals surface area contributed by atoms with Gasteiger partial charge in [-0.05, 0) is 25.5 Å². The zero-order chi connectivity index (χ0) is 13.1. The molecule has 1 aromatic carbocycles. The molecule has 2 N–H and O–H groups in total. The van der Waals surface area contributed by atoms with Gasteiger partial charge in [0.1, 0.15) is 11.6 Å². The Balaban J connectivity index is 2.34. The molecule has 0 bridgehead atoms. The second-order valence-electron chi connectivity index (χ2n) is 4.26. The van der Waals surface area contributed by atoms with Crippen LogP contribution in [0.15, 0.2) is 24.3 Å². The Hall–Kier alpha value is -1.81. The van der Waals surface area contributed by atoms with Crippen LogP contribution in [0.3, 0.4) is 0 Å². The molecule has 0 atom stereocenters. The zero-order valence-corrected chi connectivity index (χ0v) is 10.6. The highest BCUT2D eigenvalue weighted by atomic mass is 19.1. The van der Waals surface area contributed by atoms with Gasteiger partial charge < -0.3 is 5.73 Å². The van der Waals surface area contributed by atoms with Crippen LogP contribution in [0.1, 0.15) is 28.3 Å². The molecule has 1 aromatic heterocycles. The number of nitrogens with zero attached hydrogens (tertiary/aromatic N) is 2. The van der Waals surface area contributed by atoms with Gasteiger partial charge >= 0.3 is 0 Å². The van der Waals surface area contributed by atoms with E-state index in [4.69, 9.17) is 5.73 Å². The van der Waals surface area contributed by atoms with E-state index < -0.39 is 0 Å². The summed E-state index contributed by atoms with van der Waals surface area (Å²) < 4.78 is 13.5. The summed E-state index contributed by atoms with van der Waals surface area (Å²) in [5.41, 5.74) is 8.95. The van der Waals surface area contributed by atoms with Crippen molar-refractivity contribution in [2.24, 2.45) is 5.73 Å². The van der Waals surface area contributed by atoms with Gasteiger partial charge in [0.05, 0.1) is 0 Å². The summed E-state index contributed by atoms with van der Waals surface area (Å²) in [4.78, 5) is 8.77. The molecule has 0 amide bonds. The highest BCUT2D eigenvalue weighted by Gasteiger charge is 2.09. The first-order valence-corrected chi connectivity index (χ1v) is 5.88. The monoisotopic (exact) mass is 245 g/mol. The lowest BCUT2D eigenvalue weighted by atomic mass is 10.1. The van der Waals surface area contributed by atoms with E-state index in [-0.39, 0.29) is 5.82 Å². The van der Waals surface area contributed by atoms with Crippen molar-refractivity contribution < 1.29 is 4.39 Å². The molecule has 3 nitrogen and oxygen atoms in total. The van der Waals surface area contributed by atoms with E-state index in [1.165, 1.54) is 6.07 Å². The summed E-state index contributed by atoms with van der Waals surface area (Å²) in [6, 6.07) is 6.68. The molecule has 2 rings (SSSR count). The van der Waals surface area contributed by atoms with Crippen molar-refractivity contribution in [1.82, 2.24) is 9.97 Å². The highest BCUT2D eigenvalue weighted by Crippen LogP contribution is 2.14. The molecular weight excluding hydrogens is 229 g/mol. The van der Waals surface area contributed by atoms with Crippen LogP contribution in [-0.2, 0) is 13.0 Å². The van der Waals surface area contributed by atoms with Crippen LogP contribution in [0.4, 0.5) is 4.39 Å². The molecule has 0 spiro atoms. The zero-order valence-electron chi connectivity index (χ0n) is 10.6. The van der Waals surface area contributed by atoms with Gasteiger partial charge in [-0.25, -0.2) is 14.4 Å². The standard InChI is InChI=1S/C14H16FN3/c1-9-12(8-16)10(2)18-14(17-9)7-11-5-3-4-6-13(11)15/h3-6H,7-8,16H2,1-2H3. The summed E-state index contributed by atoms with van der Waals surface area (Å²) >= 11 is 0. The predicted octanol–water partition coefficient (Wildman–Crippen LogP) is 2.28. The van der Waals surface area contributed by atoms with Crippen LogP contribution in [0.25, 0.3) is 0 Å². The molecule has 1 heterocycles. The van der Waals surface area contributed by atoms with Crippen LogP contribution in [0.5, 0.6) is 0 Å². The number of halogens is 1. The Bertz CT molecular complexity index is 544. The third-order valence-electron chi connectivity index (χ3n) is 2.98. The average Bonchev–Trinajstić information content (AvgIpc) is 2.32. The maximum atomic E-state index is 13.5. The number of nitrogens with two attached hydrogens (primary N) is 1. The van der Waals surface area contributed by atoms with E-state index in [1.54, 1.807) is 12.1 Å². The van der Waals surface area contributed by atoms with Gasteiger partial charge in [0.2, 0.25) is 0 Å². The summed E-state index contributed by atoms with van der Waals surface area (Å²) in [6.45, 7) is 4.24. The number of aromatic nitrogens is 2. The Morgan fingerprint density at radius 2 is 1.72 bits per heavy atom. The van der Waals surface area contributed by atoms with Crippen LogP contribution < -0.4 is 5.73 Å². The molecule has 2 aromatic rings. The molecule has 0 aliphatic heterocycles. The SMILES string of the molecule is Cc1nc(Cc2ccccc2F)nc(C)c1CN. The first kappa shape index (κ1) is 12.6. The van der Waals surface area contributed by atoms with E-state index in [0.29, 0.717) is 24.4 Å². The van der Waals surface area contributed by atoms with Crippen LogP contribution in [0, 0.1) is 19.7 Å². The molecule has 0 radical (unpaired) electrons. The maximum Gasteiger partial charge on any atom is 0.133 e. The molecule has 0 saturated heterocycles. The first-order valence-electron chi connectivity index (χ1n) is 5.88. The number of benzene rings is 1. The largest absolute Gasteiger partial charge is 0.326 e. The van der Waals surface area contributed by atoms with Gasteiger partial charge in [0.15, 0.2) is 0 Å². The van der Waals surface area contributed by atoms with Crippen molar-refractivity contribution in [3.63, 3.8) is 0 Å². The van der Waals surface area contributed by atoms with Crippen molar-refractivity contribution in [2.45, 2.75) is 26.8 Å². The van der Waals surface area contributed by atoms with E-state index in [0.717, 1.165) is 17.0 Å². The summed E-state index contributed by atoms with van der Waals surface area (Å²) in [5, 5.41) is 0. The van der Waals surface area contributed by atoms with E-state index in [2.05, 4.69) is 9.97 Å². The minimum atomic E-state index is -0.223. The van der Waals surface area contributed by atoms with Gasteiger partial charge in [0, 0.05) is 29.9 Å². The second-order valence-corrected chi connectivity index (χ2v) is 4.26. The van der Waals surface area contributed by atoms with E-state index in [9.17, 15) is 4.39 Å². The minimum absolute atomic E-state index is 0.223.